The van der Waals surface area contributed by atoms with Gasteiger partial charge in [0.25, 0.3) is 0 Å². The van der Waals surface area contributed by atoms with Gasteiger partial charge in [-0.25, -0.2) is 4.79 Å². The molecule has 0 bridgehead atoms. The number of methoxy groups -OCH3 is 1. The SMILES string of the molecule is COc1ccc(NC=C2C(=O)C(C)(C)Oc3ccc4ccc(=O)oc4c32)cc1. The van der Waals surface area contributed by atoms with Crippen LogP contribution in [0, 0.1) is 0 Å². The molecule has 0 unspecified atom stereocenters. The number of anilines is 1. The smallest absolute Gasteiger partial charge is 0.336 e. The molecule has 0 amide bonds. The summed E-state index contributed by atoms with van der Waals surface area (Å²) in [6.07, 6.45) is 1.62. The Bertz CT molecular complexity index is 1160. The number of hydrogen-bond acceptors (Lipinski definition) is 6. The second-order valence-electron chi connectivity index (χ2n) is 6.98. The van der Waals surface area contributed by atoms with Crippen LogP contribution in [0.2, 0.25) is 0 Å². The number of rotatable bonds is 3. The van der Waals surface area contributed by atoms with Crippen LogP contribution in [0.4, 0.5) is 5.69 Å². The Balaban J connectivity index is 1.86. The molecule has 2 heterocycles. The minimum atomic E-state index is -1.04. The quantitative estimate of drug-likeness (QED) is 0.549. The third-order valence-electron chi connectivity index (χ3n) is 4.65. The molecule has 6 nitrogen and oxygen atoms in total. The van der Waals surface area contributed by atoms with Gasteiger partial charge in [-0.3, -0.25) is 4.79 Å². The van der Waals surface area contributed by atoms with Gasteiger partial charge in [-0.15, -0.1) is 0 Å². The van der Waals surface area contributed by atoms with Gasteiger partial charge < -0.3 is 19.2 Å². The summed E-state index contributed by atoms with van der Waals surface area (Å²) in [4.78, 5) is 24.9. The zero-order valence-electron chi connectivity index (χ0n) is 15.7. The second kappa shape index (κ2) is 6.56. The van der Waals surface area contributed by atoms with Gasteiger partial charge in [-0.05, 0) is 56.3 Å². The molecule has 28 heavy (non-hydrogen) atoms. The molecule has 0 radical (unpaired) electrons. The maximum atomic E-state index is 13.1. The predicted octanol–water partition coefficient (Wildman–Crippen LogP) is 3.99. The molecule has 1 aliphatic heterocycles. The molecular weight excluding hydrogens is 358 g/mol. The second-order valence-corrected chi connectivity index (χ2v) is 6.98. The van der Waals surface area contributed by atoms with Crippen molar-refractivity contribution in [2.24, 2.45) is 0 Å². The molecule has 0 saturated carbocycles. The highest BCUT2D eigenvalue weighted by Gasteiger charge is 2.40. The standard InChI is InChI=1S/C22H19NO5/c1-22(2)21(25)16(12-23-14-6-8-15(26-3)9-7-14)19-17(28-22)10-4-13-5-11-18(24)27-20(13)19/h4-12,23H,1-3H3. The van der Waals surface area contributed by atoms with Crippen LogP contribution in [0.1, 0.15) is 19.4 Å². The van der Waals surface area contributed by atoms with Gasteiger partial charge in [0.2, 0.25) is 5.78 Å². The molecular formula is C22H19NO5. The van der Waals surface area contributed by atoms with Crippen molar-refractivity contribution in [3.05, 3.63) is 70.7 Å². The van der Waals surface area contributed by atoms with E-state index in [2.05, 4.69) is 5.32 Å². The van der Waals surface area contributed by atoms with Gasteiger partial charge in [0.1, 0.15) is 17.1 Å². The van der Waals surface area contributed by atoms with Gasteiger partial charge in [0, 0.05) is 23.3 Å². The lowest BCUT2D eigenvalue weighted by Crippen LogP contribution is -2.42. The first-order chi connectivity index (χ1) is 13.4. The minimum Gasteiger partial charge on any atom is -0.497 e. The lowest BCUT2D eigenvalue weighted by Gasteiger charge is -2.32. The first-order valence-electron chi connectivity index (χ1n) is 8.81. The average Bonchev–Trinajstić information content (AvgIpc) is 2.68. The Hall–Kier alpha value is -3.54. The van der Waals surface area contributed by atoms with Crippen LogP contribution in [0.3, 0.4) is 0 Å². The maximum Gasteiger partial charge on any atom is 0.336 e. The third kappa shape index (κ3) is 3.03. The van der Waals surface area contributed by atoms with Crippen LogP contribution in [0.25, 0.3) is 16.5 Å². The Kier molecular flexibility index (Phi) is 4.19. The summed E-state index contributed by atoms with van der Waals surface area (Å²) in [5.74, 6) is 1.02. The maximum absolute atomic E-state index is 13.1. The molecule has 0 atom stereocenters. The largest absolute Gasteiger partial charge is 0.497 e. The number of carbonyl (C=O) groups excluding carboxylic acids is 1. The van der Waals surface area contributed by atoms with E-state index in [-0.39, 0.29) is 5.78 Å². The van der Waals surface area contributed by atoms with Crippen LogP contribution >= 0.6 is 0 Å². The Morgan fingerprint density at radius 2 is 1.71 bits per heavy atom. The van der Waals surface area contributed by atoms with E-state index in [0.717, 1.165) is 11.4 Å². The summed E-state index contributed by atoms with van der Waals surface area (Å²) < 4.78 is 16.5. The number of Topliss-reactive ketones (excluding diaryl/α,β-unsaturated/α-hetero) is 1. The van der Waals surface area contributed by atoms with Gasteiger partial charge in [-0.1, -0.05) is 0 Å². The van der Waals surface area contributed by atoms with Crippen LogP contribution in [0.15, 0.2) is 63.9 Å². The molecule has 0 spiro atoms. The minimum absolute atomic E-state index is 0.208. The summed E-state index contributed by atoms with van der Waals surface area (Å²) in [6.45, 7) is 3.43. The number of nitrogens with one attached hydrogen (secondary N) is 1. The Labute approximate surface area is 161 Å². The highest BCUT2D eigenvalue weighted by atomic mass is 16.5. The number of hydrogen-bond donors (Lipinski definition) is 1. The molecule has 4 rings (SSSR count). The number of fused-ring (bicyclic) bond motifs is 3. The fourth-order valence-corrected chi connectivity index (χ4v) is 3.19. The molecule has 0 saturated heterocycles. The lowest BCUT2D eigenvalue weighted by molar-refractivity contribution is -0.126. The summed E-state index contributed by atoms with van der Waals surface area (Å²) >= 11 is 0. The molecule has 3 aromatic rings. The topological polar surface area (TPSA) is 77.8 Å². The van der Waals surface area contributed by atoms with Crippen molar-refractivity contribution in [2.45, 2.75) is 19.4 Å². The van der Waals surface area contributed by atoms with E-state index < -0.39 is 11.2 Å². The number of ketones is 1. The zero-order chi connectivity index (χ0) is 19.9. The van der Waals surface area contributed by atoms with E-state index in [1.165, 1.54) is 6.07 Å². The van der Waals surface area contributed by atoms with Crippen molar-refractivity contribution in [3.8, 4) is 11.5 Å². The average molecular weight is 377 g/mol. The first-order valence-corrected chi connectivity index (χ1v) is 8.81. The fraction of sp³-hybridized carbons (Fsp3) is 0.182. The van der Waals surface area contributed by atoms with Crippen molar-refractivity contribution in [2.75, 3.05) is 12.4 Å². The van der Waals surface area contributed by atoms with Crippen molar-refractivity contribution < 1.29 is 18.7 Å². The van der Waals surface area contributed by atoms with Gasteiger partial charge in [0.05, 0.1) is 18.2 Å². The summed E-state index contributed by atoms with van der Waals surface area (Å²) in [7, 11) is 1.60. The normalized spacial score (nSPS) is 16.5. The first kappa shape index (κ1) is 17.9. The molecule has 2 aromatic carbocycles. The van der Waals surface area contributed by atoms with E-state index in [4.69, 9.17) is 13.9 Å². The molecule has 6 heteroatoms. The van der Waals surface area contributed by atoms with Crippen molar-refractivity contribution in [1.82, 2.24) is 0 Å². The van der Waals surface area contributed by atoms with Crippen molar-refractivity contribution in [3.63, 3.8) is 0 Å². The van der Waals surface area contributed by atoms with Gasteiger partial charge in [0.15, 0.2) is 5.60 Å². The molecule has 0 aliphatic carbocycles. The number of ether oxygens (including phenoxy) is 2. The van der Waals surface area contributed by atoms with E-state index in [0.29, 0.717) is 27.9 Å². The number of benzene rings is 2. The Morgan fingerprint density at radius 1 is 1.00 bits per heavy atom. The molecule has 1 N–H and O–H groups in total. The summed E-state index contributed by atoms with van der Waals surface area (Å²) in [5, 5.41) is 3.85. The molecule has 1 aromatic heterocycles. The van der Waals surface area contributed by atoms with Crippen LogP contribution in [-0.4, -0.2) is 18.5 Å². The van der Waals surface area contributed by atoms with Crippen LogP contribution < -0.4 is 20.4 Å². The van der Waals surface area contributed by atoms with Crippen molar-refractivity contribution in [1.29, 1.82) is 0 Å². The van der Waals surface area contributed by atoms with Crippen LogP contribution in [-0.2, 0) is 4.79 Å². The summed E-state index contributed by atoms with van der Waals surface area (Å²) in [6, 6.07) is 13.9. The predicted molar refractivity (Wildman–Crippen MR) is 107 cm³/mol. The fourth-order valence-electron chi connectivity index (χ4n) is 3.19. The van der Waals surface area contributed by atoms with Crippen molar-refractivity contribution >= 4 is 28.0 Å². The van der Waals surface area contributed by atoms with E-state index in [9.17, 15) is 9.59 Å². The van der Waals surface area contributed by atoms with Crippen LogP contribution in [0.5, 0.6) is 11.5 Å². The van der Waals surface area contributed by atoms with E-state index >= 15 is 0 Å². The summed E-state index contributed by atoms with van der Waals surface area (Å²) in [5.41, 5.74) is 0.455. The highest BCUT2D eigenvalue weighted by Crippen LogP contribution is 2.41. The van der Waals surface area contributed by atoms with Gasteiger partial charge in [-0.2, -0.15) is 0 Å². The van der Waals surface area contributed by atoms with E-state index in [1.807, 2.05) is 24.3 Å². The van der Waals surface area contributed by atoms with Gasteiger partial charge >= 0.3 is 5.63 Å². The zero-order valence-corrected chi connectivity index (χ0v) is 15.7. The monoisotopic (exact) mass is 377 g/mol. The molecule has 142 valence electrons. The third-order valence-corrected chi connectivity index (χ3v) is 4.65. The molecule has 0 fully saturated rings. The molecule has 1 aliphatic rings. The number of carbonyl (C=O) groups is 1. The lowest BCUT2D eigenvalue weighted by atomic mass is 9.87. The Morgan fingerprint density at radius 3 is 2.43 bits per heavy atom. The van der Waals surface area contributed by atoms with E-state index in [1.54, 1.807) is 45.4 Å². The highest BCUT2D eigenvalue weighted by molar-refractivity contribution is 6.28.